The van der Waals surface area contributed by atoms with Gasteiger partial charge in [-0.1, -0.05) is 65.3 Å². The second-order valence-corrected chi connectivity index (χ2v) is 6.65. The molecule has 7 nitrogen and oxygen atoms in total. The number of amides is 1. The zero-order chi connectivity index (χ0) is 17.8. The van der Waals surface area contributed by atoms with Crippen LogP contribution in [0.25, 0.3) is 11.4 Å². The number of hydrogen-bond acceptors (Lipinski definition) is 6. The van der Waals surface area contributed by atoms with Crippen LogP contribution in [0.3, 0.4) is 0 Å². The number of nitrogens with two attached hydrogens (primary N) is 1. The fourth-order valence-electron chi connectivity index (χ4n) is 1.96. The van der Waals surface area contributed by atoms with Gasteiger partial charge in [0.2, 0.25) is 11.1 Å². The van der Waals surface area contributed by atoms with Crippen molar-refractivity contribution in [2.75, 3.05) is 16.9 Å². The minimum Gasteiger partial charge on any atom is -0.335 e. The molecule has 1 amide bonds. The van der Waals surface area contributed by atoms with Gasteiger partial charge in [-0.05, 0) is 6.07 Å². The molecule has 3 rings (SSSR count). The topological polar surface area (TPSA) is 98.7 Å². The molecule has 2 heterocycles. The van der Waals surface area contributed by atoms with Crippen molar-refractivity contribution in [2.24, 2.45) is 0 Å². The first-order chi connectivity index (χ1) is 12.0. The quantitative estimate of drug-likeness (QED) is 0.509. The molecule has 0 bridgehead atoms. The Kier molecular flexibility index (Phi) is 5.42. The molecule has 2 aromatic heterocycles. The Balaban J connectivity index is 1.64. The van der Waals surface area contributed by atoms with E-state index in [1.165, 1.54) is 16.9 Å². The molecule has 10 heteroatoms. The van der Waals surface area contributed by atoms with Crippen molar-refractivity contribution < 1.29 is 4.79 Å². The van der Waals surface area contributed by atoms with Crippen molar-refractivity contribution in [3.63, 3.8) is 0 Å². The molecule has 0 saturated heterocycles. The molecule has 25 heavy (non-hydrogen) atoms. The normalized spacial score (nSPS) is 10.6. The first kappa shape index (κ1) is 17.5. The summed E-state index contributed by atoms with van der Waals surface area (Å²) in [4.78, 5) is 16.0. The third-order valence-electron chi connectivity index (χ3n) is 3.09. The number of nitrogens with zero attached hydrogens (tertiary/aromatic N) is 4. The predicted octanol–water partition coefficient (Wildman–Crippen LogP) is 3.09. The molecule has 0 aliphatic heterocycles. The van der Waals surface area contributed by atoms with Gasteiger partial charge in [-0.2, -0.15) is 0 Å². The number of rotatable bonds is 5. The Morgan fingerprint density at radius 1 is 1.24 bits per heavy atom. The molecule has 3 aromatic rings. The van der Waals surface area contributed by atoms with Gasteiger partial charge >= 0.3 is 0 Å². The van der Waals surface area contributed by atoms with Crippen molar-refractivity contribution in [1.29, 1.82) is 0 Å². The summed E-state index contributed by atoms with van der Waals surface area (Å²) in [6, 6.07) is 10.9. The minimum absolute atomic E-state index is 0.0742. The Hall–Kier alpha value is -2.29. The molecule has 0 spiro atoms. The number of nitrogen functional groups attached to an aromatic ring is 1. The number of pyridine rings is 1. The molecule has 0 atom stereocenters. The Labute approximate surface area is 157 Å². The molecule has 0 fully saturated rings. The highest BCUT2D eigenvalue weighted by Gasteiger charge is 2.14. The number of nitrogens with one attached hydrogen (secondary N) is 1. The number of halogens is 2. The maximum atomic E-state index is 12.0. The summed E-state index contributed by atoms with van der Waals surface area (Å²) in [6.45, 7) is 0. The molecule has 0 aliphatic carbocycles. The molecule has 0 radical (unpaired) electrons. The summed E-state index contributed by atoms with van der Waals surface area (Å²) in [6.07, 6.45) is 1.40. The summed E-state index contributed by atoms with van der Waals surface area (Å²) < 4.78 is 1.35. The van der Waals surface area contributed by atoms with Gasteiger partial charge in [-0.15, -0.1) is 10.2 Å². The summed E-state index contributed by atoms with van der Waals surface area (Å²) in [5, 5.41) is 11.8. The second-order valence-electron chi connectivity index (χ2n) is 4.86. The van der Waals surface area contributed by atoms with Crippen LogP contribution in [-0.2, 0) is 4.79 Å². The third kappa shape index (κ3) is 4.22. The van der Waals surface area contributed by atoms with Crippen LogP contribution in [0.15, 0.2) is 47.8 Å². The first-order valence-corrected chi connectivity index (χ1v) is 8.78. The molecule has 128 valence electrons. The van der Waals surface area contributed by atoms with Gasteiger partial charge in [0.05, 0.1) is 15.8 Å². The van der Waals surface area contributed by atoms with E-state index in [1.807, 2.05) is 30.3 Å². The third-order valence-corrected chi connectivity index (χ3v) is 4.53. The van der Waals surface area contributed by atoms with E-state index in [-0.39, 0.29) is 22.5 Å². The second kappa shape index (κ2) is 7.73. The van der Waals surface area contributed by atoms with E-state index in [1.54, 1.807) is 0 Å². The summed E-state index contributed by atoms with van der Waals surface area (Å²) in [5.41, 5.74) is 0.839. The number of anilines is 1. The number of benzene rings is 1. The summed E-state index contributed by atoms with van der Waals surface area (Å²) in [5.74, 6) is 6.55. The highest BCUT2D eigenvalue weighted by molar-refractivity contribution is 7.99. The molecule has 0 aliphatic rings. The lowest BCUT2D eigenvalue weighted by Crippen LogP contribution is -2.17. The number of aromatic nitrogens is 4. The van der Waals surface area contributed by atoms with Gasteiger partial charge in [-0.25, -0.2) is 9.66 Å². The van der Waals surface area contributed by atoms with E-state index in [4.69, 9.17) is 29.0 Å². The van der Waals surface area contributed by atoms with Gasteiger partial charge in [0.15, 0.2) is 11.6 Å². The van der Waals surface area contributed by atoms with Crippen LogP contribution in [0.5, 0.6) is 0 Å². The Morgan fingerprint density at radius 3 is 2.72 bits per heavy atom. The smallest absolute Gasteiger partial charge is 0.236 e. The maximum Gasteiger partial charge on any atom is 0.236 e. The number of thioether (sulfide) groups is 1. The van der Waals surface area contributed by atoms with Gasteiger partial charge in [0, 0.05) is 11.8 Å². The monoisotopic (exact) mass is 394 g/mol. The van der Waals surface area contributed by atoms with Gasteiger partial charge in [0.25, 0.3) is 0 Å². The number of carbonyl (C=O) groups excluding carboxylic acids is 1. The van der Waals surface area contributed by atoms with Gasteiger partial charge in [-0.3, -0.25) is 4.79 Å². The van der Waals surface area contributed by atoms with Crippen LogP contribution < -0.4 is 11.2 Å². The number of hydrogen-bond donors (Lipinski definition) is 2. The van der Waals surface area contributed by atoms with E-state index in [2.05, 4.69) is 20.5 Å². The predicted molar refractivity (Wildman–Crippen MR) is 99.2 cm³/mol. The van der Waals surface area contributed by atoms with E-state index >= 15 is 0 Å². The van der Waals surface area contributed by atoms with E-state index in [9.17, 15) is 4.79 Å². The molecule has 1 aromatic carbocycles. The maximum absolute atomic E-state index is 12.0. The van der Waals surface area contributed by atoms with Crippen LogP contribution in [0, 0.1) is 0 Å². The van der Waals surface area contributed by atoms with Crippen molar-refractivity contribution in [1.82, 2.24) is 19.9 Å². The molecular formula is C15H12Cl2N6OS. The largest absolute Gasteiger partial charge is 0.335 e. The van der Waals surface area contributed by atoms with Gasteiger partial charge < -0.3 is 11.2 Å². The average molecular weight is 395 g/mol. The van der Waals surface area contributed by atoms with E-state index in [0.717, 1.165) is 17.3 Å². The zero-order valence-electron chi connectivity index (χ0n) is 12.7. The number of carbonyl (C=O) groups is 1. The Morgan fingerprint density at radius 2 is 2.00 bits per heavy atom. The standard InChI is InChI=1S/C15H12Cl2N6OS/c16-10-6-11(17)13(19-7-10)20-12(24)8-25-15-22-21-14(23(15)18)9-4-2-1-3-5-9/h1-7H,8,18H2,(H,19,20,24). The lowest BCUT2D eigenvalue weighted by atomic mass is 10.2. The lowest BCUT2D eigenvalue weighted by molar-refractivity contribution is -0.113. The fourth-order valence-corrected chi connectivity index (χ4v) is 3.05. The van der Waals surface area contributed by atoms with Crippen molar-refractivity contribution in [3.8, 4) is 11.4 Å². The molecule has 0 unspecified atom stereocenters. The summed E-state index contributed by atoms with van der Waals surface area (Å²) in [7, 11) is 0. The van der Waals surface area contributed by atoms with Crippen molar-refractivity contribution >= 4 is 46.7 Å². The zero-order valence-corrected chi connectivity index (χ0v) is 15.0. The van der Waals surface area contributed by atoms with Crippen LogP contribution in [-0.4, -0.2) is 31.5 Å². The molecule has 0 saturated carbocycles. The van der Waals surface area contributed by atoms with Crippen molar-refractivity contribution in [2.45, 2.75) is 5.16 Å². The van der Waals surface area contributed by atoms with Crippen LogP contribution in [0.1, 0.15) is 0 Å². The average Bonchev–Trinajstić information content (AvgIpc) is 2.97. The van der Waals surface area contributed by atoms with E-state index in [0.29, 0.717) is 16.0 Å². The van der Waals surface area contributed by atoms with Gasteiger partial charge in [0.1, 0.15) is 0 Å². The molecular weight excluding hydrogens is 383 g/mol. The van der Waals surface area contributed by atoms with Crippen LogP contribution in [0.4, 0.5) is 5.82 Å². The highest BCUT2D eigenvalue weighted by atomic mass is 35.5. The minimum atomic E-state index is -0.300. The fraction of sp³-hybridized carbons (Fsp3) is 0.0667. The van der Waals surface area contributed by atoms with Crippen molar-refractivity contribution in [3.05, 3.63) is 52.6 Å². The first-order valence-electron chi connectivity index (χ1n) is 7.04. The SMILES string of the molecule is Nn1c(SCC(=O)Nc2ncc(Cl)cc2Cl)nnc1-c1ccccc1. The van der Waals surface area contributed by atoms with Crippen LogP contribution in [0.2, 0.25) is 10.0 Å². The van der Waals surface area contributed by atoms with Crippen LogP contribution >= 0.6 is 35.0 Å². The summed E-state index contributed by atoms with van der Waals surface area (Å²) >= 11 is 12.9. The highest BCUT2D eigenvalue weighted by Crippen LogP contribution is 2.24. The lowest BCUT2D eigenvalue weighted by Gasteiger charge is -2.06. The van der Waals surface area contributed by atoms with E-state index < -0.39 is 0 Å². The molecule has 3 N–H and O–H groups in total. The Bertz CT molecular complexity index is 902.